The Bertz CT molecular complexity index is 712. The van der Waals surface area contributed by atoms with Gasteiger partial charge in [-0.05, 0) is 19.8 Å². The average molecular weight is 375 g/mol. The van der Waals surface area contributed by atoms with Gasteiger partial charge in [0.15, 0.2) is 0 Å². The molecule has 0 unspecified atom stereocenters. The SMILES string of the molecule is Cc1oc(NC(=O)CN2CCN(CC(=O)NCC(C)C)CC2)c(C#N)c1C. The highest BCUT2D eigenvalue weighted by atomic mass is 16.4. The number of rotatable bonds is 7. The van der Waals surface area contributed by atoms with Crippen molar-refractivity contribution in [1.29, 1.82) is 5.26 Å². The summed E-state index contributed by atoms with van der Waals surface area (Å²) in [5.74, 6) is 1.13. The number of nitrogens with one attached hydrogen (secondary N) is 2. The monoisotopic (exact) mass is 375 g/mol. The Labute approximate surface area is 160 Å². The molecule has 2 heterocycles. The Balaban J connectivity index is 1.76. The van der Waals surface area contributed by atoms with E-state index < -0.39 is 0 Å². The predicted octanol–water partition coefficient (Wildman–Crippen LogP) is 1.10. The standard InChI is InChI=1S/C19H29N5O3/c1-13(2)10-21-17(25)11-23-5-7-24(8-6-23)12-18(26)22-19-16(9-20)14(3)15(4)27-19/h13H,5-8,10-12H2,1-4H3,(H,21,25)(H,22,26). The summed E-state index contributed by atoms with van der Waals surface area (Å²) in [5, 5.41) is 14.8. The van der Waals surface area contributed by atoms with E-state index in [0.717, 1.165) is 18.7 Å². The summed E-state index contributed by atoms with van der Waals surface area (Å²) in [6.07, 6.45) is 0. The molecule has 1 fully saturated rings. The Morgan fingerprint density at radius 1 is 1.11 bits per heavy atom. The molecule has 1 aliphatic heterocycles. The van der Waals surface area contributed by atoms with Gasteiger partial charge in [-0.3, -0.25) is 24.7 Å². The third kappa shape index (κ3) is 6.08. The minimum Gasteiger partial charge on any atom is -0.444 e. The van der Waals surface area contributed by atoms with Crippen LogP contribution >= 0.6 is 0 Å². The second kappa shape index (κ2) is 9.53. The molecule has 0 bridgehead atoms. The van der Waals surface area contributed by atoms with Gasteiger partial charge in [-0.15, -0.1) is 0 Å². The number of carbonyl (C=O) groups excluding carboxylic acids is 2. The van der Waals surface area contributed by atoms with Crippen molar-refractivity contribution in [2.45, 2.75) is 27.7 Å². The van der Waals surface area contributed by atoms with E-state index in [1.807, 2.05) is 4.90 Å². The van der Waals surface area contributed by atoms with Crippen LogP contribution < -0.4 is 10.6 Å². The molecule has 148 valence electrons. The van der Waals surface area contributed by atoms with E-state index in [4.69, 9.17) is 4.42 Å². The van der Waals surface area contributed by atoms with Crippen molar-refractivity contribution < 1.29 is 14.0 Å². The normalized spacial score (nSPS) is 15.6. The van der Waals surface area contributed by atoms with E-state index in [1.165, 1.54) is 0 Å². The third-order valence-corrected chi connectivity index (χ3v) is 4.66. The Morgan fingerprint density at radius 3 is 2.19 bits per heavy atom. The van der Waals surface area contributed by atoms with Crippen LogP contribution in [0.25, 0.3) is 0 Å². The zero-order valence-electron chi connectivity index (χ0n) is 16.6. The lowest BCUT2D eigenvalue weighted by Crippen LogP contribution is -2.51. The Morgan fingerprint density at radius 2 is 1.67 bits per heavy atom. The van der Waals surface area contributed by atoms with Crippen molar-refractivity contribution in [3.05, 3.63) is 16.9 Å². The minimum absolute atomic E-state index is 0.0440. The van der Waals surface area contributed by atoms with Crippen molar-refractivity contribution in [3.63, 3.8) is 0 Å². The van der Waals surface area contributed by atoms with Crippen LogP contribution in [0.1, 0.15) is 30.7 Å². The molecule has 1 aromatic heterocycles. The fourth-order valence-corrected chi connectivity index (χ4v) is 2.90. The minimum atomic E-state index is -0.205. The van der Waals surface area contributed by atoms with Gasteiger partial charge >= 0.3 is 0 Å². The Hall–Kier alpha value is -2.37. The molecule has 0 aromatic carbocycles. The zero-order chi connectivity index (χ0) is 20.0. The van der Waals surface area contributed by atoms with Crippen LogP contribution in [0.5, 0.6) is 0 Å². The summed E-state index contributed by atoms with van der Waals surface area (Å²) in [6, 6.07) is 2.07. The molecule has 0 saturated carbocycles. The molecular weight excluding hydrogens is 346 g/mol. The fraction of sp³-hybridized carbons (Fsp3) is 0.632. The first-order valence-electron chi connectivity index (χ1n) is 9.31. The van der Waals surface area contributed by atoms with Crippen molar-refractivity contribution in [2.75, 3.05) is 51.1 Å². The average Bonchev–Trinajstić information content (AvgIpc) is 2.88. The highest BCUT2D eigenvalue weighted by Gasteiger charge is 2.22. The maximum absolute atomic E-state index is 12.3. The molecule has 1 aromatic rings. The number of furan rings is 1. The highest BCUT2D eigenvalue weighted by molar-refractivity contribution is 5.92. The quantitative estimate of drug-likeness (QED) is 0.740. The van der Waals surface area contributed by atoms with Crippen molar-refractivity contribution >= 4 is 17.7 Å². The van der Waals surface area contributed by atoms with Crippen molar-refractivity contribution in [2.24, 2.45) is 5.92 Å². The van der Waals surface area contributed by atoms with Crippen LogP contribution in [0, 0.1) is 31.1 Å². The lowest BCUT2D eigenvalue weighted by molar-refractivity contribution is -0.123. The molecule has 0 spiro atoms. The zero-order valence-corrected chi connectivity index (χ0v) is 16.6. The van der Waals surface area contributed by atoms with Gasteiger partial charge in [0.25, 0.3) is 0 Å². The molecule has 2 rings (SSSR count). The molecule has 0 aliphatic carbocycles. The molecule has 1 aliphatic rings. The van der Waals surface area contributed by atoms with Gasteiger partial charge in [-0.25, -0.2) is 0 Å². The van der Waals surface area contributed by atoms with Crippen molar-refractivity contribution in [3.8, 4) is 6.07 Å². The summed E-state index contributed by atoms with van der Waals surface area (Å²) in [4.78, 5) is 28.3. The molecule has 2 amide bonds. The van der Waals surface area contributed by atoms with E-state index in [9.17, 15) is 14.9 Å². The van der Waals surface area contributed by atoms with E-state index >= 15 is 0 Å². The number of carbonyl (C=O) groups is 2. The highest BCUT2D eigenvalue weighted by Crippen LogP contribution is 2.25. The summed E-state index contributed by atoms with van der Waals surface area (Å²) < 4.78 is 5.47. The number of hydrogen-bond donors (Lipinski definition) is 2. The molecular formula is C19H29N5O3. The van der Waals surface area contributed by atoms with E-state index in [1.54, 1.807) is 13.8 Å². The molecule has 0 atom stereocenters. The third-order valence-electron chi connectivity index (χ3n) is 4.66. The largest absolute Gasteiger partial charge is 0.444 e. The molecule has 27 heavy (non-hydrogen) atoms. The summed E-state index contributed by atoms with van der Waals surface area (Å²) in [6.45, 7) is 11.9. The van der Waals surface area contributed by atoms with E-state index in [0.29, 0.717) is 43.4 Å². The number of piperazine rings is 1. The smallest absolute Gasteiger partial charge is 0.240 e. The fourth-order valence-electron chi connectivity index (χ4n) is 2.90. The number of nitriles is 1. The van der Waals surface area contributed by atoms with Crippen LogP contribution in [-0.2, 0) is 9.59 Å². The summed E-state index contributed by atoms with van der Waals surface area (Å²) in [5.41, 5.74) is 1.12. The van der Waals surface area contributed by atoms with Crippen LogP contribution in [-0.4, -0.2) is 67.4 Å². The first-order valence-corrected chi connectivity index (χ1v) is 9.31. The number of anilines is 1. The number of amides is 2. The molecule has 2 N–H and O–H groups in total. The molecule has 1 saturated heterocycles. The lowest BCUT2D eigenvalue weighted by Gasteiger charge is -2.33. The van der Waals surface area contributed by atoms with Gasteiger partial charge in [0.2, 0.25) is 17.7 Å². The van der Waals surface area contributed by atoms with Gasteiger partial charge < -0.3 is 9.73 Å². The number of aryl methyl sites for hydroxylation is 1. The number of nitrogens with zero attached hydrogens (tertiary/aromatic N) is 3. The van der Waals surface area contributed by atoms with Gasteiger partial charge in [0, 0.05) is 38.3 Å². The van der Waals surface area contributed by atoms with Crippen LogP contribution in [0.3, 0.4) is 0 Å². The maximum atomic E-state index is 12.3. The van der Waals surface area contributed by atoms with Gasteiger partial charge in [-0.2, -0.15) is 5.26 Å². The summed E-state index contributed by atoms with van der Waals surface area (Å²) >= 11 is 0. The van der Waals surface area contributed by atoms with Crippen molar-refractivity contribution in [1.82, 2.24) is 15.1 Å². The van der Waals surface area contributed by atoms with Crippen LogP contribution in [0.2, 0.25) is 0 Å². The molecule has 8 heteroatoms. The predicted molar refractivity (Wildman–Crippen MR) is 102 cm³/mol. The maximum Gasteiger partial charge on any atom is 0.240 e. The van der Waals surface area contributed by atoms with Gasteiger partial charge in [0.1, 0.15) is 17.4 Å². The van der Waals surface area contributed by atoms with Gasteiger partial charge in [-0.1, -0.05) is 13.8 Å². The number of hydrogen-bond acceptors (Lipinski definition) is 6. The first kappa shape index (κ1) is 20.9. The lowest BCUT2D eigenvalue weighted by atomic mass is 10.2. The second-order valence-corrected chi connectivity index (χ2v) is 7.40. The second-order valence-electron chi connectivity index (χ2n) is 7.40. The Kier molecular flexibility index (Phi) is 7.39. The molecule has 0 radical (unpaired) electrons. The van der Waals surface area contributed by atoms with E-state index in [-0.39, 0.29) is 24.2 Å². The summed E-state index contributed by atoms with van der Waals surface area (Å²) in [7, 11) is 0. The molecule has 8 nitrogen and oxygen atoms in total. The first-order chi connectivity index (χ1) is 12.8. The van der Waals surface area contributed by atoms with Gasteiger partial charge in [0.05, 0.1) is 13.1 Å². The van der Waals surface area contributed by atoms with Crippen LogP contribution in [0.4, 0.5) is 5.88 Å². The van der Waals surface area contributed by atoms with E-state index in [2.05, 4.69) is 35.5 Å². The topological polar surface area (TPSA) is 102 Å². The van der Waals surface area contributed by atoms with Crippen LogP contribution in [0.15, 0.2) is 4.42 Å².